The molecule has 0 bridgehead atoms. The van der Waals surface area contributed by atoms with Crippen LogP contribution in [0.2, 0.25) is 5.02 Å². The van der Waals surface area contributed by atoms with Gasteiger partial charge in [0.2, 0.25) is 10.0 Å². The van der Waals surface area contributed by atoms with Crippen molar-refractivity contribution < 1.29 is 8.42 Å². The van der Waals surface area contributed by atoms with Gasteiger partial charge in [-0.3, -0.25) is 4.79 Å². The molecule has 0 aliphatic rings. The van der Waals surface area contributed by atoms with Crippen molar-refractivity contribution in [3.8, 4) is 0 Å². The van der Waals surface area contributed by atoms with E-state index in [9.17, 15) is 13.2 Å². The normalized spacial score (nSPS) is 12.8. The van der Waals surface area contributed by atoms with Crippen molar-refractivity contribution in [1.29, 1.82) is 0 Å². The fraction of sp³-hybridized carbons (Fsp3) is 0.444. The lowest BCUT2D eigenvalue weighted by atomic mass is 10.1. The zero-order valence-electron chi connectivity index (χ0n) is 9.17. The molecule has 1 aromatic heterocycles. The average Bonchev–Trinajstić information content (AvgIpc) is 2.05. The van der Waals surface area contributed by atoms with Gasteiger partial charge in [0.1, 0.15) is 5.02 Å². The molecule has 1 rings (SSSR count). The Balaban J connectivity index is 3.18. The Labute approximate surface area is 98.9 Å². The van der Waals surface area contributed by atoms with Crippen LogP contribution in [0.5, 0.6) is 0 Å². The number of aromatic amines is 1. The van der Waals surface area contributed by atoms with E-state index in [2.05, 4.69) is 9.71 Å². The molecule has 90 valence electrons. The first kappa shape index (κ1) is 13.2. The highest BCUT2D eigenvalue weighted by atomic mass is 35.5. The minimum Gasteiger partial charge on any atom is -0.326 e. The van der Waals surface area contributed by atoms with Crippen LogP contribution in [-0.2, 0) is 10.0 Å². The van der Waals surface area contributed by atoms with Crippen LogP contribution in [0, 0.1) is 0 Å². The lowest BCUT2D eigenvalue weighted by molar-refractivity contribution is 0.491. The highest BCUT2D eigenvalue weighted by molar-refractivity contribution is 7.89. The summed E-state index contributed by atoms with van der Waals surface area (Å²) >= 11 is 5.56. The molecule has 0 saturated carbocycles. The van der Waals surface area contributed by atoms with E-state index >= 15 is 0 Å². The molecule has 0 saturated heterocycles. The number of rotatable bonds is 2. The summed E-state index contributed by atoms with van der Waals surface area (Å²) in [5, 5.41) is -0.156. The first-order chi connectivity index (χ1) is 7.12. The maximum atomic E-state index is 11.8. The molecule has 2 N–H and O–H groups in total. The van der Waals surface area contributed by atoms with Crippen molar-refractivity contribution in [2.75, 3.05) is 0 Å². The van der Waals surface area contributed by atoms with Crippen LogP contribution in [-0.4, -0.2) is 18.9 Å². The lowest BCUT2D eigenvalue weighted by Crippen LogP contribution is -2.40. The van der Waals surface area contributed by atoms with Crippen molar-refractivity contribution >= 4 is 21.6 Å². The Morgan fingerprint density at radius 1 is 1.38 bits per heavy atom. The summed E-state index contributed by atoms with van der Waals surface area (Å²) in [6.07, 6.45) is 1.11. The van der Waals surface area contributed by atoms with Crippen LogP contribution in [0.3, 0.4) is 0 Å². The summed E-state index contributed by atoms with van der Waals surface area (Å²) in [6.45, 7) is 5.16. The van der Waals surface area contributed by atoms with Crippen LogP contribution in [0.25, 0.3) is 0 Å². The summed E-state index contributed by atoms with van der Waals surface area (Å²) < 4.78 is 26.1. The molecule has 0 atom stereocenters. The number of aromatic nitrogens is 1. The Morgan fingerprint density at radius 2 is 1.94 bits per heavy atom. The van der Waals surface area contributed by atoms with E-state index in [-0.39, 0.29) is 9.92 Å². The molecule has 0 aromatic carbocycles. The highest BCUT2D eigenvalue weighted by Crippen LogP contribution is 2.13. The van der Waals surface area contributed by atoms with Crippen molar-refractivity contribution in [3.63, 3.8) is 0 Å². The monoisotopic (exact) mass is 264 g/mol. The zero-order chi connectivity index (χ0) is 12.6. The van der Waals surface area contributed by atoms with E-state index in [1.54, 1.807) is 20.8 Å². The fourth-order valence-corrected chi connectivity index (χ4v) is 2.70. The second-order valence-electron chi connectivity index (χ2n) is 4.37. The molecular weight excluding hydrogens is 252 g/mol. The van der Waals surface area contributed by atoms with Crippen molar-refractivity contribution in [3.05, 3.63) is 27.6 Å². The van der Waals surface area contributed by atoms with Crippen LogP contribution in [0.15, 0.2) is 22.0 Å². The van der Waals surface area contributed by atoms with Gasteiger partial charge in [0.25, 0.3) is 5.56 Å². The Morgan fingerprint density at radius 3 is 2.38 bits per heavy atom. The molecular formula is C9H13ClN2O3S. The molecule has 0 aliphatic carbocycles. The van der Waals surface area contributed by atoms with E-state index < -0.39 is 21.1 Å². The van der Waals surface area contributed by atoms with E-state index in [0.29, 0.717) is 0 Å². The smallest absolute Gasteiger partial charge is 0.266 e. The van der Waals surface area contributed by atoms with Gasteiger partial charge in [-0.05, 0) is 26.8 Å². The number of hydrogen-bond donors (Lipinski definition) is 2. The molecule has 0 radical (unpaired) electrons. The van der Waals surface area contributed by atoms with E-state index in [4.69, 9.17) is 11.6 Å². The molecule has 0 amide bonds. The zero-order valence-corrected chi connectivity index (χ0v) is 10.7. The lowest BCUT2D eigenvalue weighted by Gasteiger charge is -2.20. The molecule has 0 fully saturated rings. The molecule has 5 nitrogen and oxygen atoms in total. The standard InChI is InChI=1S/C9H13ClN2O3S/c1-9(2,3)12-16(14,15)6-4-7(10)8(13)11-5-6/h4-5,12H,1-3H3,(H,11,13). The molecule has 0 spiro atoms. The van der Waals surface area contributed by atoms with Gasteiger partial charge in [0.05, 0.1) is 4.90 Å². The van der Waals surface area contributed by atoms with Gasteiger partial charge in [-0.25, -0.2) is 13.1 Å². The number of sulfonamides is 1. The number of hydrogen-bond acceptors (Lipinski definition) is 3. The second-order valence-corrected chi connectivity index (χ2v) is 6.46. The molecule has 16 heavy (non-hydrogen) atoms. The first-order valence-corrected chi connectivity index (χ1v) is 6.40. The van der Waals surface area contributed by atoms with Crippen LogP contribution < -0.4 is 10.3 Å². The summed E-state index contributed by atoms with van der Waals surface area (Å²) in [7, 11) is -3.66. The SMILES string of the molecule is CC(C)(C)NS(=O)(=O)c1c[nH]c(=O)c(Cl)c1. The minimum absolute atomic E-state index is 0.0629. The van der Waals surface area contributed by atoms with Gasteiger partial charge in [-0.15, -0.1) is 0 Å². The van der Waals surface area contributed by atoms with Gasteiger partial charge in [0, 0.05) is 11.7 Å². The number of pyridine rings is 1. The maximum Gasteiger partial charge on any atom is 0.266 e. The van der Waals surface area contributed by atoms with E-state index in [1.807, 2.05) is 0 Å². The Kier molecular flexibility index (Phi) is 3.47. The maximum absolute atomic E-state index is 11.8. The Bertz CT molecular complexity index is 543. The van der Waals surface area contributed by atoms with Crippen molar-refractivity contribution in [2.45, 2.75) is 31.2 Å². The molecule has 1 aromatic rings. The predicted octanol–water partition coefficient (Wildman–Crippen LogP) is 1.11. The number of nitrogens with one attached hydrogen (secondary N) is 2. The van der Waals surface area contributed by atoms with Gasteiger partial charge < -0.3 is 4.98 Å². The molecule has 1 heterocycles. The van der Waals surface area contributed by atoms with Gasteiger partial charge in [-0.2, -0.15) is 0 Å². The summed E-state index contributed by atoms with van der Waals surface area (Å²) in [5.74, 6) is 0. The summed E-state index contributed by atoms with van der Waals surface area (Å²) in [5.41, 5.74) is -1.11. The van der Waals surface area contributed by atoms with Crippen LogP contribution in [0.1, 0.15) is 20.8 Å². The third kappa shape index (κ3) is 3.33. The molecule has 7 heteroatoms. The largest absolute Gasteiger partial charge is 0.326 e. The Hall–Kier alpha value is -0.850. The topological polar surface area (TPSA) is 79.0 Å². The third-order valence-corrected chi connectivity index (χ3v) is 3.60. The van der Waals surface area contributed by atoms with Crippen molar-refractivity contribution in [1.82, 2.24) is 9.71 Å². The second kappa shape index (κ2) is 4.20. The molecule has 0 unspecified atom stereocenters. The molecule has 0 aliphatic heterocycles. The van der Waals surface area contributed by atoms with E-state index in [1.165, 1.54) is 0 Å². The first-order valence-electron chi connectivity index (χ1n) is 4.54. The summed E-state index contributed by atoms with van der Waals surface area (Å²) in [6, 6.07) is 1.12. The van der Waals surface area contributed by atoms with Crippen molar-refractivity contribution in [2.24, 2.45) is 0 Å². The van der Waals surface area contributed by atoms with Crippen LogP contribution >= 0.6 is 11.6 Å². The minimum atomic E-state index is -3.66. The summed E-state index contributed by atoms with van der Waals surface area (Å²) in [4.78, 5) is 13.2. The average molecular weight is 265 g/mol. The fourth-order valence-electron chi connectivity index (χ4n) is 1.05. The third-order valence-electron chi connectivity index (χ3n) is 1.58. The predicted molar refractivity (Wildman–Crippen MR) is 62.1 cm³/mol. The number of H-pyrrole nitrogens is 1. The van der Waals surface area contributed by atoms with Gasteiger partial charge in [-0.1, -0.05) is 11.6 Å². The van der Waals surface area contributed by atoms with Crippen LogP contribution in [0.4, 0.5) is 0 Å². The van der Waals surface area contributed by atoms with Gasteiger partial charge >= 0.3 is 0 Å². The van der Waals surface area contributed by atoms with E-state index in [0.717, 1.165) is 12.3 Å². The highest BCUT2D eigenvalue weighted by Gasteiger charge is 2.22. The quantitative estimate of drug-likeness (QED) is 0.840. The van der Waals surface area contributed by atoms with Gasteiger partial charge in [0.15, 0.2) is 0 Å². The number of halogens is 1.